The Morgan fingerprint density at radius 1 is 0.432 bits per heavy atom. The van der Waals surface area contributed by atoms with E-state index in [2.05, 4.69) is 67.8 Å². The largest absolute Gasteiger partial charge is 0.394 e. The van der Waals surface area contributed by atoms with E-state index in [9.17, 15) is 30.3 Å². The van der Waals surface area contributed by atoms with Crippen LogP contribution in [0.2, 0.25) is 0 Å². The molecule has 0 aromatic rings. The number of ether oxygens (including phenoxy) is 2. The Hall–Kier alpha value is -1.85. The minimum atomic E-state index is -1.55. The molecule has 1 fully saturated rings. The van der Waals surface area contributed by atoms with E-state index < -0.39 is 49.5 Å². The second kappa shape index (κ2) is 61.2. The second-order valence-electron chi connectivity index (χ2n) is 24.7. The predicted molar refractivity (Wildman–Crippen MR) is 346 cm³/mol. The van der Waals surface area contributed by atoms with Crippen molar-refractivity contribution >= 4 is 5.91 Å². The van der Waals surface area contributed by atoms with Crippen molar-refractivity contribution in [3.05, 3.63) is 48.6 Å². The lowest BCUT2D eigenvalue weighted by Gasteiger charge is -2.40. The molecule has 1 amide bonds. The van der Waals surface area contributed by atoms with E-state index in [1.165, 1.54) is 257 Å². The number of amides is 1. The number of carbonyl (C=O) groups is 1. The van der Waals surface area contributed by atoms with Crippen LogP contribution >= 0.6 is 0 Å². The molecule has 1 rings (SSSR count). The molecule has 7 unspecified atom stereocenters. The molecule has 476 valence electrons. The van der Waals surface area contributed by atoms with Gasteiger partial charge in [-0.3, -0.25) is 4.79 Å². The third kappa shape index (κ3) is 50.1. The van der Waals surface area contributed by atoms with Crippen LogP contribution in [0.4, 0.5) is 0 Å². The summed E-state index contributed by atoms with van der Waals surface area (Å²) in [4.78, 5) is 13.2. The summed E-state index contributed by atoms with van der Waals surface area (Å²) in [7, 11) is 0. The Labute approximate surface area is 501 Å². The summed E-state index contributed by atoms with van der Waals surface area (Å²) in [5.74, 6) is -0.137. The molecule has 7 atom stereocenters. The molecule has 0 aromatic heterocycles. The molecule has 6 N–H and O–H groups in total. The average Bonchev–Trinajstić information content (AvgIpc) is 3.50. The van der Waals surface area contributed by atoms with Crippen LogP contribution in [-0.2, 0) is 14.3 Å². The molecule has 0 radical (unpaired) electrons. The van der Waals surface area contributed by atoms with Crippen LogP contribution in [0.25, 0.3) is 0 Å². The van der Waals surface area contributed by atoms with Crippen LogP contribution in [0.1, 0.15) is 348 Å². The maximum absolute atomic E-state index is 13.2. The molecule has 1 saturated heterocycles. The summed E-state index contributed by atoms with van der Waals surface area (Å²) in [5, 5.41) is 55.0. The van der Waals surface area contributed by atoms with Gasteiger partial charge in [-0.25, -0.2) is 0 Å². The SMILES string of the molecule is CC/C=C\C/C=C\C/C=C\C/C=C\CCCCCCCCCCCCCCCCCCCCCCC(=O)NC(COC1OC(CO)C(O)C(O)C1O)C(O)CCCCCCCCCCCCCCCCCCCCCCCCCCC. The van der Waals surface area contributed by atoms with E-state index in [1.807, 2.05) is 0 Å². The summed E-state index contributed by atoms with van der Waals surface area (Å²) >= 11 is 0. The first-order valence-corrected chi connectivity index (χ1v) is 35.3. The van der Waals surface area contributed by atoms with Crippen LogP contribution in [0.5, 0.6) is 0 Å². The monoisotopic (exact) mass is 1140 g/mol. The lowest BCUT2D eigenvalue weighted by molar-refractivity contribution is -0.302. The highest BCUT2D eigenvalue weighted by Gasteiger charge is 2.44. The molecule has 1 heterocycles. The van der Waals surface area contributed by atoms with E-state index in [0.717, 1.165) is 64.2 Å². The van der Waals surface area contributed by atoms with Crippen molar-refractivity contribution in [3.63, 3.8) is 0 Å². The van der Waals surface area contributed by atoms with Gasteiger partial charge in [0.25, 0.3) is 0 Å². The van der Waals surface area contributed by atoms with Crippen molar-refractivity contribution < 1.29 is 39.8 Å². The number of hydrogen-bond donors (Lipinski definition) is 6. The summed E-state index contributed by atoms with van der Waals surface area (Å²) < 4.78 is 11.4. The van der Waals surface area contributed by atoms with E-state index in [4.69, 9.17) is 9.47 Å². The first-order valence-electron chi connectivity index (χ1n) is 35.3. The third-order valence-electron chi connectivity index (χ3n) is 16.9. The number of carbonyl (C=O) groups excluding carboxylic acids is 1. The Morgan fingerprint density at radius 2 is 0.765 bits per heavy atom. The van der Waals surface area contributed by atoms with Crippen molar-refractivity contribution in [1.29, 1.82) is 0 Å². The summed E-state index contributed by atoms with van der Waals surface area (Å²) in [6.45, 7) is 3.78. The fourth-order valence-electron chi connectivity index (χ4n) is 11.5. The molecule has 0 aliphatic carbocycles. The maximum Gasteiger partial charge on any atom is 0.220 e. The van der Waals surface area contributed by atoms with Gasteiger partial charge >= 0.3 is 0 Å². The molecule has 1 aliphatic heterocycles. The zero-order valence-electron chi connectivity index (χ0n) is 53.3. The Bertz CT molecular complexity index is 1420. The van der Waals surface area contributed by atoms with Gasteiger partial charge in [-0.15, -0.1) is 0 Å². The van der Waals surface area contributed by atoms with Gasteiger partial charge < -0.3 is 40.3 Å². The highest BCUT2D eigenvalue weighted by Crippen LogP contribution is 2.24. The van der Waals surface area contributed by atoms with Crippen molar-refractivity contribution in [2.45, 2.75) is 391 Å². The number of rotatable bonds is 62. The Morgan fingerprint density at radius 3 is 1.14 bits per heavy atom. The van der Waals surface area contributed by atoms with Crippen molar-refractivity contribution in [1.82, 2.24) is 5.32 Å². The molecule has 1 aliphatic rings. The average molecular weight is 1140 g/mol. The third-order valence-corrected chi connectivity index (χ3v) is 16.9. The van der Waals surface area contributed by atoms with E-state index in [1.54, 1.807) is 0 Å². The van der Waals surface area contributed by atoms with Crippen LogP contribution in [0.15, 0.2) is 48.6 Å². The van der Waals surface area contributed by atoms with Gasteiger partial charge in [0.1, 0.15) is 24.4 Å². The Balaban J connectivity index is 2.09. The molecule has 0 aromatic carbocycles. The molecular formula is C72H135NO8. The Kier molecular flexibility index (Phi) is 58.3. The van der Waals surface area contributed by atoms with Gasteiger partial charge in [0, 0.05) is 6.42 Å². The minimum absolute atomic E-state index is 0.134. The van der Waals surface area contributed by atoms with E-state index in [-0.39, 0.29) is 12.5 Å². The molecule has 9 nitrogen and oxygen atoms in total. The van der Waals surface area contributed by atoms with Gasteiger partial charge in [-0.05, 0) is 51.4 Å². The number of aliphatic hydroxyl groups is 5. The maximum atomic E-state index is 13.2. The van der Waals surface area contributed by atoms with Crippen LogP contribution in [0, 0.1) is 0 Å². The van der Waals surface area contributed by atoms with E-state index >= 15 is 0 Å². The first-order chi connectivity index (χ1) is 39.8. The normalized spacial score (nSPS) is 18.6. The minimum Gasteiger partial charge on any atom is -0.394 e. The van der Waals surface area contributed by atoms with Gasteiger partial charge in [0.05, 0.1) is 25.4 Å². The zero-order chi connectivity index (χ0) is 58.6. The second-order valence-corrected chi connectivity index (χ2v) is 24.7. The number of allylic oxidation sites excluding steroid dienone is 8. The van der Waals surface area contributed by atoms with E-state index in [0.29, 0.717) is 12.8 Å². The zero-order valence-corrected chi connectivity index (χ0v) is 53.3. The molecular weight excluding hydrogens is 1010 g/mol. The van der Waals surface area contributed by atoms with Crippen LogP contribution < -0.4 is 5.32 Å². The predicted octanol–water partition coefficient (Wildman–Crippen LogP) is 19.2. The highest BCUT2D eigenvalue weighted by molar-refractivity contribution is 5.76. The summed E-state index contributed by atoms with van der Waals surface area (Å²) in [5.41, 5.74) is 0. The van der Waals surface area contributed by atoms with Crippen molar-refractivity contribution in [2.24, 2.45) is 0 Å². The number of nitrogens with one attached hydrogen (secondary N) is 1. The molecule has 0 bridgehead atoms. The molecule has 0 saturated carbocycles. The highest BCUT2D eigenvalue weighted by atomic mass is 16.7. The van der Waals surface area contributed by atoms with Gasteiger partial charge in [0.15, 0.2) is 6.29 Å². The number of aliphatic hydroxyl groups excluding tert-OH is 5. The first kappa shape index (κ1) is 77.2. The fraction of sp³-hybridized carbons (Fsp3) is 0.875. The van der Waals surface area contributed by atoms with Gasteiger partial charge in [-0.1, -0.05) is 339 Å². The number of unbranched alkanes of at least 4 members (excludes halogenated alkanes) is 44. The standard InChI is InChI=1S/C72H135NO8/c1-3-5-7-9-11-13-15-17-19-21-23-25-27-29-30-31-32-33-34-35-36-38-40-42-44-46-48-50-52-54-56-58-60-62-68(76)73-65(64-80-72-71(79)70(78)69(77)67(63-74)81-72)66(75)61-59-57-55-53-51-49-47-45-43-41-39-37-28-26-24-22-20-18-16-14-12-10-8-6-4-2/h5,7,11,13,17,19,23,25,65-67,69-72,74-75,77-79H,3-4,6,8-10,12,14-16,18,20-22,24,26-64H2,1-2H3,(H,73,76)/b7-5-,13-11-,19-17-,25-23-. The van der Waals surface area contributed by atoms with Gasteiger partial charge in [-0.2, -0.15) is 0 Å². The summed E-state index contributed by atoms with van der Waals surface area (Å²) in [6, 6.07) is -0.720. The molecule has 0 spiro atoms. The smallest absolute Gasteiger partial charge is 0.220 e. The fourth-order valence-corrected chi connectivity index (χ4v) is 11.5. The van der Waals surface area contributed by atoms with Crippen LogP contribution in [0.3, 0.4) is 0 Å². The topological polar surface area (TPSA) is 149 Å². The van der Waals surface area contributed by atoms with Crippen molar-refractivity contribution in [3.8, 4) is 0 Å². The van der Waals surface area contributed by atoms with Crippen LogP contribution in [-0.4, -0.2) is 87.5 Å². The molecule has 9 heteroatoms. The molecule has 81 heavy (non-hydrogen) atoms. The van der Waals surface area contributed by atoms with Crippen molar-refractivity contribution in [2.75, 3.05) is 13.2 Å². The summed E-state index contributed by atoms with van der Waals surface area (Å²) in [6.07, 6.45) is 76.1. The quantitative estimate of drug-likeness (QED) is 0.0261. The lowest BCUT2D eigenvalue weighted by atomic mass is 9.99. The van der Waals surface area contributed by atoms with Gasteiger partial charge in [0.2, 0.25) is 5.91 Å². The number of hydrogen-bond acceptors (Lipinski definition) is 8. The lowest BCUT2D eigenvalue weighted by Crippen LogP contribution is -2.60.